The van der Waals surface area contributed by atoms with Crippen molar-refractivity contribution in [3.63, 3.8) is 0 Å². The van der Waals surface area contributed by atoms with Crippen molar-refractivity contribution in [2.24, 2.45) is 0 Å². The Kier molecular flexibility index (Phi) is 10.5. The number of hydrogen-bond acceptors (Lipinski definition) is 6. The van der Waals surface area contributed by atoms with Crippen LogP contribution in [0.2, 0.25) is 0 Å². The second-order valence-electron chi connectivity index (χ2n) is 18.5. The van der Waals surface area contributed by atoms with Gasteiger partial charge < -0.3 is 0 Å². The van der Waals surface area contributed by atoms with Crippen LogP contribution >= 0.6 is 68.0 Å². The first kappa shape index (κ1) is 40.9. The number of fused-ring (bicyclic) bond motifs is 11. The number of thiophene rings is 6. The Balaban J connectivity index is 0.879. The van der Waals surface area contributed by atoms with Crippen LogP contribution in [0, 0.1) is 0 Å². The molecule has 312 valence electrons. The normalized spacial score (nSPS) is 12.9. The zero-order valence-electron chi connectivity index (χ0n) is 36.5. The Morgan fingerprint density at radius 1 is 0.339 bits per heavy atom. The molecule has 0 aliphatic carbocycles. The Labute approximate surface area is 389 Å². The smallest absolute Gasteiger partial charge is 0.0455 e. The van der Waals surface area contributed by atoms with E-state index in [1.54, 1.807) is 4.88 Å². The van der Waals surface area contributed by atoms with Crippen molar-refractivity contribution in [2.75, 3.05) is 0 Å². The van der Waals surface area contributed by atoms with Gasteiger partial charge in [-0.2, -0.15) is 0 Å². The molecule has 0 saturated heterocycles. The molecule has 0 spiro atoms. The molecule has 0 saturated carbocycles. The molecule has 0 unspecified atom stereocenters. The lowest BCUT2D eigenvalue weighted by Gasteiger charge is -2.27. The van der Waals surface area contributed by atoms with Crippen LogP contribution in [0.3, 0.4) is 0 Å². The summed E-state index contributed by atoms with van der Waals surface area (Å²) in [7, 11) is 0. The minimum Gasteiger partial charge on any atom is -0.140 e. The quantitative estimate of drug-likeness (QED) is 0.0799. The van der Waals surface area contributed by atoms with Gasteiger partial charge in [-0.25, -0.2) is 0 Å². The molecule has 62 heavy (non-hydrogen) atoms. The Bertz CT molecular complexity index is 3400. The molecular formula is C56H52S6. The summed E-state index contributed by atoms with van der Waals surface area (Å²) in [5, 5.41) is 13.6. The Hall–Kier alpha value is -3.88. The van der Waals surface area contributed by atoms with Crippen LogP contribution in [-0.2, 0) is 10.8 Å². The van der Waals surface area contributed by atoms with Gasteiger partial charge in [0.05, 0.1) is 0 Å². The lowest BCUT2D eigenvalue weighted by atomic mass is 9.80. The summed E-state index contributed by atoms with van der Waals surface area (Å²) >= 11 is 11.7. The molecule has 5 aromatic carbocycles. The highest BCUT2D eigenvalue weighted by Crippen LogP contribution is 2.49. The highest BCUT2D eigenvalue weighted by molar-refractivity contribution is 7.30. The van der Waals surface area contributed by atoms with Crippen molar-refractivity contribution in [3.05, 3.63) is 119 Å². The predicted octanol–water partition coefficient (Wildman–Crippen LogP) is 20.8. The van der Waals surface area contributed by atoms with E-state index in [-0.39, 0.29) is 10.8 Å². The maximum atomic E-state index is 2.53. The molecule has 6 heterocycles. The molecular weight excluding hydrogens is 865 g/mol. The highest BCUT2D eigenvalue weighted by atomic mass is 32.1. The fraction of sp³-hybridized carbons (Fsp3) is 0.286. The van der Waals surface area contributed by atoms with E-state index < -0.39 is 0 Å². The fourth-order valence-electron chi connectivity index (χ4n) is 10.2. The summed E-state index contributed by atoms with van der Waals surface area (Å²) in [5.74, 6) is 0. The minimum absolute atomic E-state index is 0.237. The van der Waals surface area contributed by atoms with Gasteiger partial charge in [0.15, 0.2) is 0 Å². The minimum atomic E-state index is 0.237. The summed E-state index contributed by atoms with van der Waals surface area (Å²) in [6.07, 6.45) is 10.1. The van der Waals surface area contributed by atoms with E-state index in [0.29, 0.717) is 0 Å². The van der Waals surface area contributed by atoms with Crippen molar-refractivity contribution >= 4 is 141 Å². The fourth-order valence-corrected chi connectivity index (χ4v) is 17.1. The topological polar surface area (TPSA) is 0 Å². The van der Waals surface area contributed by atoms with Gasteiger partial charge in [-0.3, -0.25) is 0 Å². The number of rotatable bonds is 13. The van der Waals surface area contributed by atoms with E-state index in [4.69, 9.17) is 0 Å². The average Bonchev–Trinajstić information content (AvgIpc) is 4.12. The largest absolute Gasteiger partial charge is 0.140 e. The number of hydrogen-bond donors (Lipinski definition) is 0. The van der Waals surface area contributed by atoms with Crippen molar-refractivity contribution in [1.29, 1.82) is 0 Å². The van der Waals surface area contributed by atoms with Crippen molar-refractivity contribution < 1.29 is 0 Å². The van der Waals surface area contributed by atoms with Gasteiger partial charge in [0.25, 0.3) is 0 Å². The molecule has 0 amide bonds. The van der Waals surface area contributed by atoms with Crippen LogP contribution in [0.25, 0.3) is 102 Å². The summed E-state index contributed by atoms with van der Waals surface area (Å²) in [6, 6.07) is 43.1. The number of benzene rings is 5. The van der Waals surface area contributed by atoms with Gasteiger partial charge in [-0.05, 0) is 141 Å². The third kappa shape index (κ3) is 7.00. The van der Waals surface area contributed by atoms with Crippen LogP contribution in [0.4, 0.5) is 0 Å². The van der Waals surface area contributed by atoms with E-state index in [2.05, 4.69) is 151 Å². The molecule has 11 rings (SSSR count). The van der Waals surface area contributed by atoms with Gasteiger partial charge in [0.1, 0.15) is 0 Å². The van der Waals surface area contributed by atoms with E-state index >= 15 is 0 Å². The zero-order valence-corrected chi connectivity index (χ0v) is 41.4. The third-order valence-corrected chi connectivity index (χ3v) is 21.4. The SMILES string of the molecule is CCCCCC(C)(C)c1ccc(-c2cc3cc4sc(-c5ccc(-c6cc7c(ccc8c7ccc7c9ccc%10sc(C(C)(CCC)CCC)cc%10c9ccc87)s6)s5)cc4cc3s2)s1. The molecule has 0 nitrogen and oxygen atoms in total. The van der Waals surface area contributed by atoms with Crippen LogP contribution in [0.5, 0.6) is 0 Å². The zero-order chi connectivity index (χ0) is 42.3. The summed E-state index contributed by atoms with van der Waals surface area (Å²) < 4.78 is 5.52. The van der Waals surface area contributed by atoms with Gasteiger partial charge in [0.2, 0.25) is 0 Å². The molecule has 6 aromatic heterocycles. The first-order chi connectivity index (χ1) is 30.1. The molecule has 0 atom stereocenters. The van der Waals surface area contributed by atoms with Crippen LogP contribution in [-0.4, -0.2) is 0 Å². The molecule has 6 heteroatoms. The van der Waals surface area contributed by atoms with Gasteiger partial charge in [0, 0.05) is 74.0 Å². The lowest BCUT2D eigenvalue weighted by molar-refractivity contribution is 0.399. The van der Waals surface area contributed by atoms with E-state index in [9.17, 15) is 0 Å². The van der Waals surface area contributed by atoms with Crippen molar-refractivity contribution in [1.82, 2.24) is 0 Å². The second kappa shape index (κ2) is 16.0. The third-order valence-electron chi connectivity index (χ3n) is 13.6. The molecule has 11 aromatic rings. The van der Waals surface area contributed by atoms with E-state index in [1.165, 1.54) is 158 Å². The van der Waals surface area contributed by atoms with E-state index in [0.717, 1.165) is 0 Å². The predicted molar refractivity (Wildman–Crippen MR) is 287 cm³/mol. The van der Waals surface area contributed by atoms with E-state index in [1.807, 2.05) is 68.0 Å². The maximum absolute atomic E-state index is 2.53. The standard InChI is InChI=1S/C56H52S6/c1-7-10-11-26-55(4,5)53-23-22-47(62-53)51-30-34-28-48-33(27-49(34)60-51)29-50(59-48)45-20-21-46(58-45)52-31-41-39-14-12-36-35(37(39)16-18-43(41)57-52)13-15-40-38(36)17-19-44-42(40)32-54(61-44)56(6,24-8-2)25-9-3/h12-23,27-32H,7-11,24-26H2,1-6H3. The lowest BCUT2D eigenvalue weighted by Crippen LogP contribution is -2.19. The second-order valence-corrected chi connectivity index (χ2v) is 25.0. The molecule has 0 aliphatic heterocycles. The maximum Gasteiger partial charge on any atom is 0.0455 e. The average molecular weight is 917 g/mol. The monoisotopic (exact) mass is 916 g/mol. The number of unbranched alkanes of at least 4 members (excludes halogenated alkanes) is 2. The van der Waals surface area contributed by atoms with Crippen LogP contribution in [0.1, 0.15) is 103 Å². The summed E-state index contributed by atoms with van der Waals surface area (Å²) in [5.41, 5.74) is 0.491. The molecule has 0 N–H and O–H groups in total. The molecule has 0 bridgehead atoms. The molecule has 0 fully saturated rings. The van der Waals surface area contributed by atoms with Crippen molar-refractivity contribution in [3.8, 4) is 29.3 Å². The Morgan fingerprint density at radius 3 is 1.37 bits per heavy atom. The van der Waals surface area contributed by atoms with Gasteiger partial charge >= 0.3 is 0 Å². The van der Waals surface area contributed by atoms with Crippen LogP contribution < -0.4 is 0 Å². The molecule has 0 radical (unpaired) electrons. The summed E-state index contributed by atoms with van der Waals surface area (Å²) in [4.78, 5) is 11.3. The van der Waals surface area contributed by atoms with Gasteiger partial charge in [-0.15, -0.1) is 68.0 Å². The van der Waals surface area contributed by atoms with Crippen molar-refractivity contribution in [2.45, 2.75) is 104 Å². The van der Waals surface area contributed by atoms with Gasteiger partial charge in [-0.1, -0.05) is 110 Å². The summed E-state index contributed by atoms with van der Waals surface area (Å²) in [6.45, 7) is 14.3. The highest BCUT2D eigenvalue weighted by Gasteiger charge is 2.28. The van der Waals surface area contributed by atoms with Crippen LogP contribution in [0.15, 0.2) is 109 Å². The Morgan fingerprint density at radius 2 is 0.806 bits per heavy atom. The first-order valence-electron chi connectivity index (χ1n) is 22.6. The first-order valence-corrected chi connectivity index (χ1v) is 27.5. The molecule has 0 aliphatic rings.